The molecular weight excluding hydrogens is 431 g/mol. The number of para-hydroxylation sites is 1. The minimum atomic E-state index is -0.147. The van der Waals surface area contributed by atoms with Crippen LogP contribution >= 0.6 is 43.5 Å². The number of rotatable bonds is 5. The van der Waals surface area contributed by atoms with Crippen LogP contribution in [0.25, 0.3) is 6.08 Å². The summed E-state index contributed by atoms with van der Waals surface area (Å²) in [4.78, 5) is 12.0. The highest BCUT2D eigenvalue weighted by Gasteiger charge is 2.02. The molecule has 22 heavy (non-hydrogen) atoms. The number of benzene rings is 2. The zero-order valence-electron chi connectivity index (χ0n) is 11.3. The fourth-order valence-electron chi connectivity index (χ4n) is 1.70. The van der Waals surface area contributed by atoms with Gasteiger partial charge in [-0.1, -0.05) is 29.8 Å². The molecule has 0 aliphatic heterocycles. The highest BCUT2D eigenvalue weighted by molar-refractivity contribution is 9.28. The first kappa shape index (κ1) is 17.0. The summed E-state index contributed by atoms with van der Waals surface area (Å²) in [6, 6.07) is 14.2. The number of hydrogen-bond acceptors (Lipinski definition) is 2. The van der Waals surface area contributed by atoms with Crippen LogP contribution in [-0.4, -0.2) is 5.78 Å². The van der Waals surface area contributed by atoms with Gasteiger partial charge in [-0.25, -0.2) is 0 Å². The summed E-state index contributed by atoms with van der Waals surface area (Å²) in [7, 11) is 0. The Bertz CT molecular complexity index is 718. The maximum Gasteiger partial charge on any atom is 0.188 e. The van der Waals surface area contributed by atoms with Gasteiger partial charge in [0.15, 0.2) is 5.78 Å². The first-order valence-corrected chi connectivity index (χ1v) is 8.27. The van der Waals surface area contributed by atoms with E-state index in [0.29, 0.717) is 16.3 Å². The van der Waals surface area contributed by atoms with Crippen molar-refractivity contribution in [3.05, 3.63) is 80.4 Å². The van der Waals surface area contributed by atoms with Crippen molar-refractivity contribution in [3.8, 4) is 5.75 Å². The lowest BCUT2D eigenvalue weighted by Crippen LogP contribution is -1.95. The highest BCUT2D eigenvalue weighted by Crippen LogP contribution is 2.25. The first-order chi connectivity index (χ1) is 10.6. The van der Waals surface area contributed by atoms with Crippen LogP contribution < -0.4 is 4.74 Å². The maximum absolute atomic E-state index is 12.0. The first-order valence-electron chi connectivity index (χ1n) is 6.31. The van der Waals surface area contributed by atoms with Gasteiger partial charge >= 0.3 is 0 Å². The summed E-state index contributed by atoms with van der Waals surface area (Å²) in [6.07, 6.45) is 4.63. The van der Waals surface area contributed by atoms with Crippen LogP contribution in [0.15, 0.2) is 64.3 Å². The predicted molar refractivity (Wildman–Crippen MR) is 97.8 cm³/mol. The second kappa shape index (κ2) is 8.32. The molecule has 0 unspecified atom stereocenters. The number of halogens is 3. The van der Waals surface area contributed by atoms with Crippen molar-refractivity contribution >= 4 is 55.3 Å². The van der Waals surface area contributed by atoms with Gasteiger partial charge in [0, 0.05) is 22.2 Å². The summed E-state index contributed by atoms with van der Waals surface area (Å²) in [5.74, 6) is 0.505. The van der Waals surface area contributed by atoms with E-state index in [2.05, 4.69) is 31.9 Å². The molecule has 0 saturated carbocycles. The lowest BCUT2D eigenvalue weighted by molar-refractivity contribution is 0.104. The van der Waals surface area contributed by atoms with Crippen molar-refractivity contribution in [1.82, 2.24) is 0 Å². The molecule has 0 spiro atoms. The SMILES string of the molecule is O=C(/C=C/Oc1ccccc1C=C(Br)Br)c1ccc(Cl)cc1. The van der Waals surface area contributed by atoms with E-state index in [-0.39, 0.29) is 5.78 Å². The van der Waals surface area contributed by atoms with Crippen LogP contribution in [0.3, 0.4) is 0 Å². The van der Waals surface area contributed by atoms with Crippen molar-refractivity contribution in [2.45, 2.75) is 0 Å². The Kier molecular flexibility index (Phi) is 6.43. The van der Waals surface area contributed by atoms with E-state index in [0.717, 1.165) is 8.96 Å². The lowest BCUT2D eigenvalue weighted by atomic mass is 10.1. The molecule has 2 nitrogen and oxygen atoms in total. The zero-order chi connectivity index (χ0) is 15.9. The lowest BCUT2D eigenvalue weighted by Gasteiger charge is -2.04. The highest BCUT2D eigenvalue weighted by atomic mass is 79.9. The van der Waals surface area contributed by atoms with Gasteiger partial charge in [-0.15, -0.1) is 0 Å². The molecule has 0 N–H and O–H groups in total. The van der Waals surface area contributed by atoms with E-state index in [1.807, 2.05) is 30.3 Å². The fraction of sp³-hybridized carbons (Fsp3) is 0. The summed E-state index contributed by atoms with van der Waals surface area (Å²) in [5, 5.41) is 0.595. The average Bonchev–Trinajstić information content (AvgIpc) is 2.49. The van der Waals surface area contributed by atoms with Crippen LogP contribution in [0.1, 0.15) is 15.9 Å². The van der Waals surface area contributed by atoms with Crippen LogP contribution in [0.2, 0.25) is 5.02 Å². The van der Waals surface area contributed by atoms with Gasteiger partial charge in [0.05, 0.1) is 9.65 Å². The van der Waals surface area contributed by atoms with Gasteiger partial charge < -0.3 is 4.74 Å². The van der Waals surface area contributed by atoms with Gasteiger partial charge in [-0.2, -0.15) is 0 Å². The van der Waals surface area contributed by atoms with Crippen LogP contribution in [-0.2, 0) is 0 Å². The molecule has 0 atom stereocenters. The quantitative estimate of drug-likeness (QED) is 0.313. The van der Waals surface area contributed by atoms with E-state index in [1.165, 1.54) is 12.3 Å². The monoisotopic (exact) mass is 440 g/mol. The van der Waals surface area contributed by atoms with Crippen molar-refractivity contribution in [2.75, 3.05) is 0 Å². The van der Waals surface area contributed by atoms with Crippen molar-refractivity contribution in [1.29, 1.82) is 0 Å². The van der Waals surface area contributed by atoms with E-state index in [9.17, 15) is 4.79 Å². The second-order valence-corrected chi connectivity index (χ2v) is 7.47. The molecule has 2 rings (SSSR count). The number of carbonyl (C=O) groups is 1. The third kappa shape index (κ3) is 5.13. The van der Waals surface area contributed by atoms with E-state index >= 15 is 0 Å². The summed E-state index contributed by atoms with van der Waals surface area (Å²) in [5.41, 5.74) is 1.44. The Morgan fingerprint density at radius 3 is 2.41 bits per heavy atom. The normalized spacial score (nSPS) is 10.5. The number of allylic oxidation sites excluding steroid dienone is 1. The molecule has 0 radical (unpaired) electrons. The molecule has 0 aliphatic rings. The number of ketones is 1. The van der Waals surface area contributed by atoms with Gasteiger partial charge in [-0.3, -0.25) is 4.79 Å². The van der Waals surface area contributed by atoms with Crippen molar-refractivity contribution in [3.63, 3.8) is 0 Å². The Morgan fingerprint density at radius 1 is 1.05 bits per heavy atom. The molecular formula is C17H11Br2ClO2. The third-order valence-corrected chi connectivity index (χ3v) is 3.44. The maximum atomic E-state index is 12.0. The largest absolute Gasteiger partial charge is 0.464 e. The van der Waals surface area contributed by atoms with E-state index < -0.39 is 0 Å². The van der Waals surface area contributed by atoms with Gasteiger partial charge in [0.2, 0.25) is 0 Å². The molecule has 112 valence electrons. The predicted octanol–water partition coefficient (Wildman–Crippen LogP) is 6.20. The molecule has 0 bridgehead atoms. The Morgan fingerprint density at radius 2 is 1.73 bits per heavy atom. The number of hydrogen-bond donors (Lipinski definition) is 0. The zero-order valence-corrected chi connectivity index (χ0v) is 15.2. The molecule has 2 aromatic carbocycles. The summed E-state index contributed by atoms with van der Waals surface area (Å²) >= 11 is 12.4. The molecule has 0 aliphatic carbocycles. The molecule has 0 aromatic heterocycles. The summed E-state index contributed by atoms with van der Waals surface area (Å²) in [6.45, 7) is 0. The standard InChI is InChI=1S/C17H11Br2ClO2/c18-17(19)11-13-3-1-2-4-16(13)22-10-9-15(21)12-5-7-14(20)8-6-12/h1-11H/b10-9+. The smallest absolute Gasteiger partial charge is 0.188 e. The van der Waals surface area contributed by atoms with Crippen LogP contribution in [0.4, 0.5) is 0 Å². The second-order valence-electron chi connectivity index (χ2n) is 4.26. The Hall–Kier alpha value is -1.36. The average molecular weight is 443 g/mol. The minimum Gasteiger partial charge on any atom is -0.464 e. The van der Waals surface area contributed by atoms with Crippen molar-refractivity contribution < 1.29 is 9.53 Å². The number of carbonyl (C=O) groups excluding carboxylic acids is 1. The molecule has 0 heterocycles. The van der Waals surface area contributed by atoms with Crippen molar-refractivity contribution in [2.24, 2.45) is 0 Å². The van der Waals surface area contributed by atoms with Crippen LogP contribution in [0, 0.1) is 0 Å². The fourth-order valence-corrected chi connectivity index (χ4v) is 2.32. The minimum absolute atomic E-state index is 0.147. The molecule has 0 amide bonds. The van der Waals surface area contributed by atoms with E-state index in [4.69, 9.17) is 16.3 Å². The molecule has 2 aromatic rings. The van der Waals surface area contributed by atoms with Crippen LogP contribution in [0.5, 0.6) is 5.75 Å². The van der Waals surface area contributed by atoms with Gasteiger partial charge in [-0.05, 0) is 68.3 Å². The third-order valence-electron chi connectivity index (χ3n) is 2.73. The summed E-state index contributed by atoms with van der Waals surface area (Å²) < 4.78 is 6.34. The van der Waals surface area contributed by atoms with Gasteiger partial charge in [0.25, 0.3) is 0 Å². The topological polar surface area (TPSA) is 26.3 Å². The van der Waals surface area contributed by atoms with Gasteiger partial charge in [0.1, 0.15) is 5.75 Å². The molecule has 0 saturated heterocycles. The number of ether oxygens (including phenoxy) is 1. The Labute approximate surface area is 150 Å². The Balaban J connectivity index is 2.08. The van der Waals surface area contributed by atoms with E-state index in [1.54, 1.807) is 24.3 Å². The molecule has 5 heteroatoms. The molecule has 0 fully saturated rings.